The molecule has 106 valence electrons. The van der Waals surface area contributed by atoms with Gasteiger partial charge in [0.25, 0.3) is 0 Å². The zero-order chi connectivity index (χ0) is 14.7. The molecule has 0 saturated heterocycles. The van der Waals surface area contributed by atoms with Crippen molar-refractivity contribution in [2.75, 3.05) is 11.4 Å². The van der Waals surface area contributed by atoms with Crippen molar-refractivity contribution in [3.05, 3.63) is 50.6 Å². The molecular weight excluding hydrogens is 338 g/mol. The molecule has 1 heterocycles. The lowest BCUT2D eigenvalue weighted by atomic mass is 10.1. The van der Waals surface area contributed by atoms with Gasteiger partial charge >= 0.3 is 5.97 Å². The summed E-state index contributed by atoms with van der Waals surface area (Å²) in [5.41, 5.74) is 2.09. The summed E-state index contributed by atoms with van der Waals surface area (Å²) in [4.78, 5) is 14.2. The first kappa shape index (κ1) is 15.1. The molecule has 0 saturated carbocycles. The number of carbonyl (C=O) groups is 1. The Hall–Kier alpha value is -1.33. The van der Waals surface area contributed by atoms with Gasteiger partial charge in [-0.2, -0.15) is 0 Å². The number of hydrogen-bond donors (Lipinski definition) is 1. The molecule has 2 rings (SSSR count). The van der Waals surface area contributed by atoms with Crippen LogP contribution in [0, 0.1) is 6.92 Å². The number of nitrogens with zero attached hydrogens (tertiary/aromatic N) is 1. The SMILES string of the molecule is Cc1ccc(N(CC(=O)O)C(C)c2ccc(Br)s2)cc1. The van der Waals surface area contributed by atoms with Gasteiger partial charge in [0.1, 0.15) is 6.54 Å². The van der Waals surface area contributed by atoms with Gasteiger partial charge in [-0.3, -0.25) is 4.79 Å². The summed E-state index contributed by atoms with van der Waals surface area (Å²) in [7, 11) is 0. The second-order valence-corrected chi connectivity index (χ2v) is 7.17. The Morgan fingerprint density at radius 1 is 1.30 bits per heavy atom. The Bertz CT molecular complexity index is 594. The predicted octanol–water partition coefficient (Wildman–Crippen LogP) is 4.47. The van der Waals surface area contributed by atoms with Gasteiger partial charge in [0.15, 0.2) is 0 Å². The fourth-order valence-corrected chi connectivity index (χ4v) is 3.53. The number of carboxylic acids is 1. The zero-order valence-corrected chi connectivity index (χ0v) is 13.7. The molecule has 5 heteroatoms. The van der Waals surface area contributed by atoms with Crippen molar-refractivity contribution in [2.24, 2.45) is 0 Å². The van der Waals surface area contributed by atoms with E-state index in [1.165, 1.54) is 0 Å². The van der Waals surface area contributed by atoms with Gasteiger partial charge in [0.2, 0.25) is 0 Å². The molecule has 2 aromatic rings. The smallest absolute Gasteiger partial charge is 0.323 e. The Morgan fingerprint density at radius 2 is 1.95 bits per heavy atom. The maximum Gasteiger partial charge on any atom is 0.323 e. The lowest BCUT2D eigenvalue weighted by Crippen LogP contribution is -2.31. The van der Waals surface area contributed by atoms with E-state index in [9.17, 15) is 4.79 Å². The Morgan fingerprint density at radius 3 is 2.45 bits per heavy atom. The second kappa shape index (κ2) is 6.41. The van der Waals surface area contributed by atoms with Crippen LogP contribution in [-0.2, 0) is 4.79 Å². The molecule has 0 radical (unpaired) electrons. The summed E-state index contributed by atoms with van der Waals surface area (Å²) in [6.07, 6.45) is 0. The highest BCUT2D eigenvalue weighted by molar-refractivity contribution is 9.11. The van der Waals surface area contributed by atoms with Crippen LogP contribution in [0.2, 0.25) is 0 Å². The summed E-state index contributed by atoms with van der Waals surface area (Å²) < 4.78 is 1.05. The molecule has 1 N–H and O–H groups in total. The predicted molar refractivity (Wildman–Crippen MR) is 86.6 cm³/mol. The van der Waals surface area contributed by atoms with Crippen LogP contribution < -0.4 is 4.90 Å². The molecule has 0 aliphatic rings. The summed E-state index contributed by atoms with van der Waals surface area (Å²) in [6, 6.07) is 12.0. The van der Waals surface area contributed by atoms with Crippen LogP contribution >= 0.6 is 27.3 Å². The summed E-state index contributed by atoms with van der Waals surface area (Å²) in [5.74, 6) is -0.826. The highest BCUT2D eigenvalue weighted by atomic mass is 79.9. The largest absolute Gasteiger partial charge is 0.480 e. The zero-order valence-electron chi connectivity index (χ0n) is 11.3. The van der Waals surface area contributed by atoms with Crippen LogP contribution in [0.5, 0.6) is 0 Å². The Labute approximate surface area is 131 Å². The Kier molecular flexibility index (Phi) is 4.83. The fourth-order valence-electron chi connectivity index (χ4n) is 2.04. The van der Waals surface area contributed by atoms with E-state index >= 15 is 0 Å². The minimum absolute atomic E-state index is 0.0141. The van der Waals surface area contributed by atoms with Crippen LogP contribution in [0.4, 0.5) is 5.69 Å². The van der Waals surface area contributed by atoms with Crippen molar-refractivity contribution in [1.29, 1.82) is 0 Å². The van der Waals surface area contributed by atoms with Crippen LogP contribution in [0.3, 0.4) is 0 Å². The topological polar surface area (TPSA) is 40.5 Å². The molecule has 0 fully saturated rings. The number of carboxylic acid groups (broad SMARTS) is 1. The van der Waals surface area contributed by atoms with E-state index in [1.807, 2.05) is 55.1 Å². The van der Waals surface area contributed by atoms with Gasteiger partial charge in [-0.15, -0.1) is 11.3 Å². The number of aliphatic carboxylic acids is 1. The van der Waals surface area contributed by atoms with E-state index in [2.05, 4.69) is 15.9 Å². The highest BCUT2D eigenvalue weighted by Crippen LogP contribution is 2.33. The van der Waals surface area contributed by atoms with Crippen LogP contribution in [0.25, 0.3) is 0 Å². The van der Waals surface area contributed by atoms with Gasteiger partial charge in [0.05, 0.1) is 9.83 Å². The third kappa shape index (κ3) is 3.61. The quantitative estimate of drug-likeness (QED) is 0.861. The number of hydrogen-bond acceptors (Lipinski definition) is 3. The van der Waals surface area contributed by atoms with Crippen molar-refractivity contribution >= 4 is 38.9 Å². The highest BCUT2D eigenvalue weighted by Gasteiger charge is 2.20. The number of halogens is 1. The van der Waals surface area contributed by atoms with Gasteiger partial charge in [-0.05, 0) is 54.0 Å². The first-order valence-electron chi connectivity index (χ1n) is 6.27. The van der Waals surface area contributed by atoms with Crippen molar-refractivity contribution < 1.29 is 9.90 Å². The molecular formula is C15H16BrNO2S. The van der Waals surface area contributed by atoms with Gasteiger partial charge in [-0.25, -0.2) is 0 Å². The van der Waals surface area contributed by atoms with Gasteiger partial charge < -0.3 is 10.0 Å². The molecule has 1 unspecified atom stereocenters. The lowest BCUT2D eigenvalue weighted by molar-refractivity contribution is -0.135. The average Bonchev–Trinajstić information content (AvgIpc) is 2.83. The number of thiophene rings is 1. The molecule has 1 atom stereocenters. The minimum atomic E-state index is -0.826. The first-order chi connectivity index (χ1) is 9.47. The average molecular weight is 354 g/mol. The van der Waals surface area contributed by atoms with E-state index in [0.717, 1.165) is 19.9 Å². The van der Waals surface area contributed by atoms with E-state index in [1.54, 1.807) is 11.3 Å². The maximum atomic E-state index is 11.1. The Balaban J connectivity index is 2.31. The third-order valence-electron chi connectivity index (χ3n) is 3.14. The van der Waals surface area contributed by atoms with Crippen LogP contribution in [0.1, 0.15) is 23.4 Å². The summed E-state index contributed by atoms with van der Waals surface area (Å²) in [6.45, 7) is 4.03. The maximum absolute atomic E-state index is 11.1. The standard InChI is InChI=1S/C15H16BrNO2S/c1-10-3-5-12(6-4-10)17(9-15(18)19)11(2)13-7-8-14(16)20-13/h3-8,11H,9H2,1-2H3,(H,18,19). The summed E-state index contributed by atoms with van der Waals surface area (Å²) in [5, 5.41) is 9.15. The molecule has 0 spiro atoms. The fraction of sp³-hybridized carbons (Fsp3) is 0.267. The molecule has 0 aliphatic heterocycles. The van der Waals surface area contributed by atoms with Crippen molar-refractivity contribution in [3.63, 3.8) is 0 Å². The molecule has 1 aromatic heterocycles. The number of benzene rings is 1. The number of rotatable bonds is 5. The van der Waals surface area contributed by atoms with Gasteiger partial charge in [-0.1, -0.05) is 17.7 Å². The molecule has 20 heavy (non-hydrogen) atoms. The second-order valence-electron chi connectivity index (χ2n) is 4.68. The van der Waals surface area contributed by atoms with E-state index in [0.29, 0.717) is 0 Å². The van der Waals surface area contributed by atoms with Gasteiger partial charge in [0, 0.05) is 10.6 Å². The van der Waals surface area contributed by atoms with Crippen molar-refractivity contribution in [2.45, 2.75) is 19.9 Å². The van der Waals surface area contributed by atoms with Crippen LogP contribution in [-0.4, -0.2) is 17.6 Å². The monoisotopic (exact) mass is 353 g/mol. The van der Waals surface area contributed by atoms with Crippen molar-refractivity contribution in [3.8, 4) is 0 Å². The molecule has 3 nitrogen and oxygen atoms in total. The lowest BCUT2D eigenvalue weighted by Gasteiger charge is -2.29. The minimum Gasteiger partial charge on any atom is -0.480 e. The normalized spacial score (nSPS) is 12.2. The molecule has 0 bridgehead atoms. The van der Waals surface area contributed by atoms with Crippen LogP contribution in [0.15, 0.2) is 40.2 Å². The third-order valence-corrected chi connectivity index (χ3v) is 4.94. The molecule has 0 aliphatic carbocycles. The first-order valence-corrected chi connectivity index (χ1v) is 7.88. The number of anilines is 1. The molecule has 0 amide bonds. The number of aryl methyl sites for hydroxylation is 1. The summed E-state index contributed by atoms with van der Waals surface area (Å²) >= 11 is 5.08. The van der Waals surface area contributed by atoms with Crippen molar-refractivity contribution in [1.82, 2.24) is 0 Å². The van der Waals surface area contributed by atoms with E-state index < -0.39 is 5.97 Å². The molecule has 1 aromatic carbocycles. The van der Waals surface area contributed by atoms with E-state index in [-0.39, 0.29) is 12.6 Å². The van der Waals surface area contributed by atoms with E-state index in [4.69, 9.17) is 5.11 Å².